The van der Waals surface area contributed by atoms with Crippen molar-refractivity contribution in [3.8, 4) is 0 Å². The predicted octanol–water partition coefficient (Wildman–Crippen LogP) is 0.766. The summed E-state index contributed by atoms with van der Waals surface area (Å²) in [6.45, 7) is 7.17. The number of carbonyl (C=O) groups is 1. The molecule has 1 saturated carbocycles. The number of aryl methyl sites for hydroxylation is 1. The number of carbonyl (C=O) groups excluding carboxylic acids is 1. The van der Waals surface area contributed by atoms with E-state index in [-0.39, 0.29) is 5.91 Å². The van der Waals surface area contributed by atoms with E-state index in [0.29, 0.717) is 31.7 Å². The van der Waals surface area contributed by atoms with Crippen molar-refractivity contribution in [2.24, 2.45) is 11.8 Å². The fourth-order valence-electron chi connectivity index (χ4n) is 4.02. The van der Waals surface area contributed by atoms with E-state index in [1.165, 1.54) is 12.8 Å². The number of nitrogens with zero attached hydrogens (tertiary/aromatic N) is 4. The number of hydrogen-bond donors (Lipinski definition) is 1. The molecule has 1 aromatic rings. The number of likely N-dealkylation sites (tertiary alicyclic amines) is 1. The molecule has 136 valence electrons. The van der Waals surface area contributed by atoms with Crippen LogP contribution in [-0.4, -0.2) is 77.7 Å². The zero-order valence-electron chi connectivity index (χ0n) is 14.9. The van der Waals surface area contributed by atoms with Crippen LogP contribution in [-0.2, 0) is 9.53 Å². The molecule has 7 nitrogen and oxygen atoms in total. The molecule has 2 atom stereocenters. The lowest BCUT2D eigenvalue weighted by Gasteiger charge is -2.28. The Bertz CT molecular complexity index is 615. The summed E-state index contributed by atoms with van der Waals surface area (Å²) < 4.78 is 5.34. The third kappa shape index (κ3) is 4.10. The first-order valence-corrected chi connectivity index (χ1v) is 9.32. The van der Waals surface area contributed by atoms with E-state index < -0.39 is 0 Å². The highest BCUT2D eigenvalue weighted by Gasteiger charge is 2.43. The van der Waals surface area contributed by atoms with Gasteiger partial charge in [0.05, 0.1) is 19.8 Å². The van der Waals surface area contributed by atoms with Gasteiger partial charge in [-0.2, -0.15) is 0 Å². The van der Waals surface area contributed by atoms with Crippen molar-refractivity contribution in [2.75, 3.05) is 51.3 Å². The number of aromatic nitrogens is 2. The maximum absolute atomic E-state index is 12.5. The van der Waals surface area contributed by atoms with E-state index in [1.54, 1.807) is 6.33 Å². The third-order valence-electron chi connectivity index (χ3n) is 5.53. The molecule has 0 unspecified atom stereocenters. The SMILES string of the molecule is Cc1cc(N[C@@H]2CN(CC(=O)N3CCOCC3)C[C@H]2C2CC2)ncn1. The van der Waals surface area contributed by atoms with Crippen molar-refractivity contribution in [1.82, 2.24) is 19.8 Å². The fraction of sp³-hybridized carbons (Fsp3) is 0.722. The van der Waals surface area contributed by atoms with Crippen LogP contribution in [0.1, 0.15) is 18.5 Å². The molecule has 3 fully saturated rings. The molecule has 3 aliphatic rings. The highest BCUT2D eigenvalue weighted by molar-refractivity contribution is 5.78. The molecule has 7 heteroatoms. The number of ether oxygens (including phenoxy) is 1. The molecular weight excluding hydrogens is 318 g/mol. The number of hydrogen-bond acceptors (Lipinski definition) is 6. The summed E-state index contributed by atoms with van der Waals surface area (Å²) in [6.07, 6.45) is 4.24. The number of nitrogens with one attached hydrogen (secondary N) is 1. The van der Waals surface area contributed by atoms with Crippen LogP contribution in [0.3, 0.4) is 0 Å². The van der Waals surface area contributed by atoms with Crippen molar-refractivity contribution in [1.29, 1.82) is 0 Å². The molecule has 1 aliphatic carbocycles. The van der Waals surface area contributed by atoms with Gasteiger partial charge in [0.2, 0.25) is 5.91 Å². The van der Waals surface area contributed by atoms with E-state index in [4.69, 9.17) is 4.74 Å². The van der Waals surface area contributed by atoms with Crippen molar-refractivity contribution >= 4 is 11.7 Å². The highest BCUT2D eigenvalue weighted by atomic mass is 16.5. The van der Waals surface area contributed by atoms with E-state index in [1.807, 2.05) is 17.9 Å². The monoisotopic (exact) mass is 345 g/mol. The molecular formula is C18H27N5O2. The lowest BCUT2D eigenvalue weighted by Crippen LogP contribution is -2.45. The smallest absolute Gasteiger partial charge is 0.236 e. The van der Waals surface area contributed by atoms with Gasteiger partial charge in [0.15, 0.2) is 0 Å². The summed E-state index contributed by atoms with van der Waals surface area (Å²) >= 11 is 0. The summed E-state index contributed by atoms with van der Waals surface area (Å²) in [5.41, 5.74) is 0.970. The maximum atomic E-state index is 12.5. The molecule has 0 radical (unpaired) electrons. The van der Waals surface area contributed by atoms with Gasteiger partial charge >= 0.3 is 0 Å². The standard InChI is InChI=1S/C18H27N5O2/c1-13-8-17(20-12-19-13)21-16-10-22(9-15(16)14-2-3-14)11-18(24)23-4-6-25-7-5-23/h8,12,14-16H,2-7,9-11H2,1H3,(H,19,20,21)/t15-,16+/m0/s1. The largest absolute Gasteiger partial charge is 0.378 e. The molecule has 1 N–H and O–H groups in total. The van der Waals surface area contributed by atoms with E-state index in [2.05, 4.69) is 20.2 Å². The van der Waals surface area contributed by atoms with Gasteiger partial charge in [-0.3, -0.25) is 9.69 Å². The van der Waals surface area contributed by atoms with Crippen molar-refractivity contribution < 1.29 is 9.53 Å². The van der Waals surface area contributed by atoms with Gasteiger partial charge in [0, 0.05) is 44.0 Å². The van der Waals surface area contributed by atoms with Gasteiger partial charge in [-0.1, -0.05) is 0 Å². The number of amides is 1. The Kier molecular flexibility index (Phi) is 4.85. The van der Waals surface area contributed by atoms with Crippen molar-refractivity contribution in [3.63, 3.8) is 0 Å². The lowest BCUT2D eigenvalue weighted by molar-refractivity contribution is -0.136. The second kappa shape index (κ2) is 7.25. The predicted molar refractivity (Wildman–Crippen MR) is 94.2 cm³/mol. The minimum atomic E-state index is 0.233. The molecule has 25 heavy (non-hydrogen) atoms. The first kappa shape index (κ1) is 16.7. The second-order valence-corrected chi connectivity index (χ2v) is 7.48. The Hall–Kier alpha value is -1.73. The average molecular weight is 345 g/mol. The minimum Gasteiger partial charge on any atom is -0.378 e. The van der Waals surface area contributed by atoms with Gasteiger partial charge in [-0.15, -0.1) is 0 Å². The zero-order chi connectivity index (χ0) is 17.2. The van der Waals surface area contributed by atoms with Crippen molar-refractivity contribution in [2.45, 2.75) is 25.8 Å². The van der Waals surface area contributed by atoms with Gasteiger partial charge in [-0.05, 0) is 31.6 Å². The van der Waals surface area contributed by atoms with E-state index in [9.17, 15) is 4.79 Å². The first-order valence-electron chi connectivity index (χ1n) is 9.32. The normalized spacial score (nSPS) is 27.5. The zero-order valence-corrected chi connectivity index (χ0v) is 14.9. The molecule has 0 aromatic carbocycles. The molecule has 1 aromatic heterocycles. The molecule has 2 aliphatic heterocycles. The Labute approximate surface area is 148 Å². The Balaban J connectivity index is 1.37. The molecule has 4 rings (SSSR count). The van der Waals surface area contributed by atoms with Crippen LogP contribution in [0.25, 0.3) is 0 Å². The molecule has 1 amide bonds. The summed E-state index contributed by atoms with van der Waals surface area (Å²) in [6, 6.07) is 2.35. The molecule has 0 bridgehead atoms. The van der Waals surface area contributed by atoms with Gasteiger partial charge < -0.3 is 15.0 Å². The van der Waals surface area contributed by atoms with Crippen LogP contribution < -0.4 is 5.32 Å². The summed E-state index contributed by atoms with van der Waals surface area (Å²) in [7, 11) is 0. The van der Waals surface area contributed by atoms with Crippen LogP contribution in [0.15, 0.2) is 12.4 Å². The number of rotatable bonds is 5. The maximum Gasteiger partial charge on any atom is 0.236 e. The van der Waals surface area contributed by atoms with Gasteiger partial charge in [0.25, 0.3) is 0 Å². The minimum absolute atomic E-state index is 0.233. The van der Waals surface area contributed by atoms with E-state index >= 15 is 0 Å². The van der Waals surface area contributed by atoms with Gasteiger partial charge in [0.1, 0.15) is 12.1 Å². The van der Waals surface area contributed by atoms with Crippen molar-refractivity contribution in [3.05, 3.63) is 18.1 Å². The third-order valence-corrected chi connectivity index (χ3v) is 5.53. The summed E-state index contributed by atoms with van der Waals surface area (Å²) in [4.78, 5) is 25.3. The molecule has 2 saturated heterocycles. The molecule has 0 spiro atoms. The fourth-order valence-corrected chi connectivity index (χ4v) is 4.02. The summed E-state index contributed by atoms with van der Waals surface area (Å²) in [5, 5.41) is 3.60. The van der Waals surface area contributed by atoms with Crippen LogP contribution in [0.5, 0.6) is 0 Å². The average Bonchev–Trinajstić information content (AvgIpc) is 3.38. The molecule has 3 heterocycles. The summed E-state index contributed by atoms with van der Waals surface area (Å²) in [5.74, 6) is 2.53. The highest BCUT2D eigenvalue weighted by Crippen LogP contribution is 2.42. The van der Waals surface area contributed by atoms with E-state index in [0.717, 1.165) is 43.6 Å². The van der Waals surface area contributed by atoms with Gasteiger partial charge in [-0.25, -0.2) is 9.97 Å². The van der Waals surface area contributed by atoms with Crippen LogP contribution in [0.4, 0.5) is 5.82 Å². The number of anilines is 1. The van der Waals surface area contributed by atoms with Crippen LogP contribution in [0.2, 0.25) is 0 Å². The van der Waals surface area contributed by atoms with Crippen LogP contribution in [0, 0.1) is 18.8 Å². The Morgan fingerprint density at radius 2 is 2.08 bits per heavy atom. The lowest BCUT2D eigenvalue weighted by atomic mass is 9.98. The topological polar surface area (TPSA) is 70.6 Å². The quantitative estimate of drug-likeness (QED) is 0.850. The first-order chi connectivity index (χ1) is 12.2. The number of morpholine rings is 1. The van der Waals surface area contributed by atoms with Crippen LogP contribution >= 0.6 is 0 Å². The Morgan fingerprint density at radius 3 is 2.80 bits per heavy atom. The Morgan fingerprint density at radius 1 is 1.28 bits per heavy atom. The second-order valence-electron chi connectivity index (χ2n) is 7.48.